The monoisotopic (exact) mass is 320 g/mol. The van der Waals surface area contributed by atoms with E-state index in [9.17, 15) is 0 Å². The zero-order valence-corrected chi connectivity index (χ0v) is 13.0. The van der Waals surface area contributed by atoms with E-state index >= 15 is 0 Å². The van der Waals surface area contributed by atoms with Crippen molar-refractivity contribution in [1.82, 2.24) is 0 Å². The van der Waals surface area contributed by atoms with E-state index < -0.39 is 0 Å². The van der Waals surface area contributed by atoms with Crippen LogP contribution in [0.5, 0.6) is 0 Å². The third-order valence-electron chi connectivity index (χ3n) is 4.23. The molecule has 0 saturated heterocycles. The van der Waals surface area contributed by atoms with Gasteiger partial charge in [-0.1, -0.05) is 26.2 Å². The third-order valence-corrected chi connectivity index (χ3v) is 4.88. The van der Waals surface area contributed by atoms with Gasteiger partial charge in [0.2, 0.25) is 0 Å². The molecule has 3 heteroatoms. The Morgan fingerprint density at radius 2 is 1.95 bits per heavy atom. The molecule has 1 aromatic rings. The number of halogens is 1. The average molecular weight is 321 g/mol. The number of anilines is 1. The summed E-state index contributed by atoms with van der Waals surface area (Å²) in [6, 6.07) is 8.01. The molecule has 0 aliphatic heterocycles. The van der Waals surface area contributed by atoms with Crippen molar-refractivity contribution in [3.63, 3.8) is 0 Å². The van der Waals surface area contributed by atoms with Crippen LogP contribution in [0, 0.1) is 23.2 Å². The second-order valence-corrected chi connectivity index (χ2v) is 6.34. The second kappa shape index (κ2) is 6.96. The Morgan fingerprint density at radius 1 is 1.26 bits per heavy atom. The molecule has 0 amide bonds. The molecule has 1 aliphatic rings. The summed E-state index contributed by atoms with van der Waals surface area (Å²) in [7, 11) is 0. The summed E-state index contributed by atoms with van der Waals surface area (Å²) >= 11 is 3.43. The molecule has 0 unspecified atom stereocenters. The highest BCUT2D eigenvalue weighted by molar-refractivity contribution is 9.10. The Kier molecular flexibility index (Phi) is 5.27. The average Bonchev–Trinajstić information content (AvgIpc) is 2.46. The zero-order valence-electron chi connectivity index (χ0n) is 11.5. The van der Waals surface area contributed by atoms with Gasteiger partial charge in [0.15, 0.2) is 0 Å². The maximum absolute atomic E-state index is 8.89. The van der Waals surface area contributed by atoms with Crippen LogP contribution in [0.1, 0.15) is 44.6 Å². The normalized spacial score (nSPS) is 22.8. The minimum atomic E-state index is 0.689. The highest BCUT2D eigenvalue weighted by Gasteiger charge is 2.19. The van der Waals surface area contributed by atoms with E-state index in [2.05, 4.69) is 34.2 Å². The van der Waals surface area contributed by atoms with E-state index in [0.29, 0.717) is 5.56 Å². The van der Waals surface area contributed by atoms with Crippen molar-refractivity contribution in [2.24, 2.45) is 11.8 Å². The summed E-state index contributed by atoms with van der Waals surface area (Å²) in [6.45, 7) is 3.35. The first-order valence-corrected chi connectivity index (χ1v) is 7.95. The number of nitrogens with zero attached hydrogens (tertiary/aromatic N) is 1. The molecule has 2 rings (SSSR count). The van der Waals surface area contributed by atoms with Gasteiger partial charge >= 0.3 is 0 Å². The highest BCUT2D eigenvalue weighted by atomic mass is 79.9. The molecule has 0 heterocycles. The van der Waals surface area contributed by atoms with Crippen LogP contribution in [0.15, 0.2) is 22.7 Å². The lowest BCUT2D eigenvalue weighted by Crippen LogP contribution is -2.21. The van der Waals surface area contributed by atoms with Crippen LogP contribution in [0.4, 0.5) is 5.69 Å². The van der Waals surface area contributed by atoms with Crippen molar-refractivity contribution in [3.8, 4) is 6.07 Å². The molecular formula is C16H21BrN2. The van der Waals surface area contributed by atoms with E-state index in [1.807, 2.05) is 18.2 Å². The predicted molar refractivity (Wildman–Crippen MR) is 83.1 cm³/mol. The summed E-state index contributed by atoms with van der Waals surface area (Å²) in [5, 5.41) is 12.4. The SMILES string of the molecule is CCC1CCC(CNc2ccc(C#N)c(Br)c2)CC1. The van der Waals surface area contributed by atoms with Crippen molar-refractivity contribution < 1.29 is 0 Å². The van der Waals surface area contributed by atoms with Crippen molar-refractivity contribution in [2.45, 2.75) is 39.0 Å². The van der Waals surface area contributed by atoms with E-state index in [4.69, 9.17) is 5.26 Å². The van der Waals surface area contributed by atoms with Crippen LogP contribution >= 0.6 is 15.9 Å². The molecule has 0 atom stereocenters. The summed E-state index contributed by atoms with van der Waals surface area (Å²) in [6.07, 6.45) is 6.81. The Bertz CT molecular complexity index is 456. The Labute approximate surface area is 124 Å². The minimum Gasteiger partial charge on any atom is -0.385 e. The molecule has 1 aliphatic carbocycles. The topological polar surface area (TPSA) is 35.8 Å². The van der Waals surface area contributed by atoms with Gasteiger partial charge in [-0.25, -0.2) is 0 Å². The number of nitriles is 1. The molecule has 102 valence electrons. The maximum atomic E-state index is 8.89. The van der Waals surface area contributed by atoms with Crippen molar-refractivity contribution >= 4 is 21.6 Å². The molecule has 2 nitrogen and oxygen atoms in total. The van der Waals surface area contributed by atoms with Gasteiger partial charge in [-0.05, 0) is 58.8 Å². The number of nitrogens with one attached hydrogen (secondary N) is 1. The molecule has 19 heavy (non-hydrogen) atoms. The molecule has 0 bridgehead atoms. The van der Waals surface area contributed by atoms with Crippen LogP contribution in [0.25, 0.3) is 0 Å². The molecule has 1 aromatic carbocycles. The number of rotatable bonds is 4. The molecule has 0 spiro atoms. The van der Waals surface area contributed by atoms with Crippen LogP contribution in [-0.2, 0) is 0 Å². The fraction of sp³-hybridized carbons (Fsp3) is 0.562. The number of hydrogen-bond donors (Lipinski definition) is 1. The van der Waals surface area contributed by atoms with Crippen molar-refractivity contribution in [1.29, 1.82) is 5.26 Å². The van der Waals surface area contributed by atoms with Gasteiger partial charge in [-0.15, -0.1) is 0 Å². The van der Waals surface area contributed by atoms with E-state index in [1.165, 1.54) is 32.1 Å². The van der Waals surface area contributed by atoms with Gasteiger partial charge in [0, 0.05) is 16.7 Å². The quantitative estimate of drug-likeness (QED) is 0.852. The first-order valence-electron chi connectivity index (χ1n) is 7.16. The van der Waals surface area contributed by atoms with E-state index in [0.717, 1.165) is 28.5 Å². The zero-order chi connectivity index (χ0) is 13.7. The Hall–Kier alpha value is -1.01. The molecular weight excluding hydrogens is 300 g/mol. The molecule has 0 radical (unpaired) electrons. The maximum Gasteiger partial charge on any atom is 0.100 e. The van der Waals surface area contributed by atoms with Crippen LogP contribution in [0.2, 0.25) is 0 Å². The van der Waals surface area contributed by atoms with Gasteiger partial charge in [0.25, 0.3) is 0 Å². The van der Waals surface area contributed by atoms with Crippen LogP contribution < -0.4 is 5.32 Å². The minimum absolute atomic E-state index is 0.689. The summed E-state index contributed by atoms with van der Waals surface area (Å²) in [4.78, 5) is 0. The molecule has 1 N–H and O–H groups in total. The molecule has 0 aromatic heterocycles. The van der Waals surface area contributed by atoms with E-state index in [-0.39, 0.29) is 0 Å². The van der Waals surface area contributed by atoms with E-state index in [1.54, 1.807) is 0 Å². The standard InChI is InChI=1S/C16H21BrN2/c1-2-12-3-5-13(6-4-12)11-19-15-8-7-14(10-18)16(17)9-15/h7-9,12-13,19H,2-6,11H2,1H3. The first-order chi connectivity index (χ1) is 9.22. The van der Waals surface area contributed by atoms with Crippen LogP contribution in [-0.4, -0.2) is 6.54 Å². The lowest BCUT2D eigenvalue weighted by molar-refractivity contribution is 0.278. The van der Waals surface area contributed by atoms with Crippen molar-refractivity contribution in [3.05, 3.63) is 28.2 Å². The lowest BCUT2D eigenvalue weighted by Gasteiger charge is -2.28. The van der Waals surface area contributed by atoms with Gasteiger partial charge < -0.3 is 5.32 Å². The van der Waals surface area contributed by atoms with Gasteiger partial charge in [-0.3, -0.25) is 0 Å². The van der Waals surface area contributed by atoms with Gasteiger partial charge in [0.05, 0.1) is 5.56 Å². The number of hydrogen-bond acceptors (Lipinski definition) is 2. The lowest BCUT2D eigenvalue weighted by atomic mass is 9.81. The Morgan fingerprint density at radius 3 is 2.53 bits per heavy atom. The summed E-state index contributed by atoms with van der Waals surface area (Å²) in [5.41, 5.74) is 1.79. The Balaban J connectivity index is 1.83. The third kappa shape index (κ3) is 3.98. The van der Waals surface area contributed by atoms with Gasteiger partial charge in [-0.2, -0.15) is 5.26 Å². The fourth-order valence-corrected chi connectivity index (χ4v) is 3.29. The number of benzene rings is 1. The van der Waals surface area contributed by atoms with Crippen LogP contribution in [0.3, 0.4) is 0 Å². The molecule has 1 saturated carbocycles. The molecule has 1 fully saturated rings. The summed E-state index contributed by atoms with van der Waals surface area (Å²) < 4.78 is 0.870. The summed E-state index contributed by atoms with van der Waals surface area (Å²) in [5.74, 6) is 1.76. The largest absolute Gasteiger partial charge is 0.385 e. The predicted octanol–water partition coefficient (Wildman–Crippen LogP) is 4.95. The second-order valence-electron chi connectivity index (χ2n) is 5.48. The van der Waals surface area contributed by atoms with Gasteiger partial charge in [0.1, 0.15) is 6.07 Å². The first kappa shape index (κ1) is 14.4. The highest BCUT2D eigenvalue weighted by Crippen LogP contribution is 2.31. The van der Waals surface area contributed by atoms with Crippen molar-refractivity contribution in [2.75, 3.05) is 11.9 Å². The smallest absolute Gasteiger partial charge is 0.100 e. The fourth-order valence-electron chi connectivity index (χ4n) is 2.82.